The van der Waals surface area contributed by atoms with Gasteiger partial charge < -0.3 is 5.73 Å². The van der Waals surface area contributed by atoms with Crippen LogP contribution in [0.25, 0.3) is 5.52 Å². The lowest BCUT2D eigenvalue weighted by Crippen LogP contribution is -2.13. The summed E-state index contributed by atoms with van der Waals surface area (Å²) in [5.41, 5.74) is 7.70. The smallest absolute Gasteiger partial charge is 0.248 e. The molecule has 1 amide bonds. The van der Waals surface area contributed by atoms with Gasteiger partial charge in [-0.05, 0) is 24.1 Å². The molecule has 0 unspecified atom stereocenters. The molecule has 0 aliphatic carbocycles. The van der Waals surface area contributed by atoms with Crippen molar-refractivity contribution in [2.75, 3.05) is 0 Å². The average molecular weight is 203 g/mol. The van der Waals surface area contributed by atoms with Gasteiger partial charge >= 0.3 is 0 Å². The quantitative estimate of drug-likeness (QED) is 0.805. The number of rotatable bonds is 2. The summed E-state index contributed by atoms with van der Waals surface area (Å²) in [6, 6.07) is 5.41. The lowest BCUT2D eigenvalue weighted by atomic mass is 10.1. The maximum atomic E-state index is 11.1. The van der Waals surface area contributed by atoms with E-state index in [1.54, 1.807) is 18.3 Å². The van der Waals surface area contributed by atoms with E-state index in [1.807, 2.05) is 10.6 Å². The van der Waals surface area contributed by atoms with Crippen LogP contribution in [0.15, 0.2) is 24.4 Å². The fourth-order valence-electron chi connectivity index (χ4n) is 1.61. The number of hydrogen-bond donors (Lipinski definition) is 1. The third-order valence-electron chi connectivity index (χ3n) is 2.40. The Morgan fingerprint density at radius 3 is 2.80 bits per heavy atom. The predicted molar refractivity (Wildman–Crippen MR) is 57.8 cm³/mol. The molecular formula is C11H13N3O. The highest BCUT2D eigenvalue weighted by molar-refractivity contribution is 5.94. The van der Waals surface area contributed by atoms with Gasteiger partial charge in [-0.25, -0.2) is 4.52 Å². The number of primary amides is 1. The van der Waals surface area contributed by atoms with Gasteiger partial charge in [0.25, 0.3) is 0 Å². The minimum absolute atomic E-state index is 0.298. The van der Waals surface area contributed by atoms with Crippen molar-refractivity contribution in [2.24, 2.45) is 5.73 Å². The van der Waals surface area contributed by atoms with Crippen molar-refractivity contribution in [3.63, 3.8) is 0 Å². The number of hydrogen-bond acceptors (Lipinski definition) is 2. The standard InChI is InChI=1S/C11H13N3O/c1-7(2)10-6-8(11(12)15)5-9-3-4-13-14(9)10/h3-7H,1-2H3,(H2,12,15). The van der Waals surface area contributed by atoms with Crippen LogP contribution in [0.5, 0.6) is 0 Å². The highest BCUT2D eigenvalue weighted by Gasteiger charge is 2.10. The van der Waals surface area contributed by atoms with Crippen LogP contribution in [-0.2, 0) is 0 Å². The van der Waals surface area contributed by atoms with Crippen molar-refractivity contribution < 1.29 is 4.79 Å². The number of carbonyl (C=O) groups excluding carboxylic acids is 1. The van der Waals surface area contributed by atoms with E-state index in [9.17, 15) is 4.79 Å². The first-order valence-electron chi connectivity index (χ1n) is 4.87. The molecule has 0 saturated heterocycles. The van der Waals surface area contributed by atoms with E-state index in [-0.39, 0.29) is 0 Å². The minimum Gasteiger partial charge on any atom is -0.366 e. The molecular weight excluding hydrogens is 190 g/mol. The highest BCUT2D eigenvalue weighted by atomic mass is 16.1. The zero-order chi connectivity index (χ0) is 11.0. The Kier molecular flexibility index (Phi) is 2.19. The lowest BCUT2D eigenvalue weighted by Gasteiger charge is -2.09. The van der Waals surface area contributed by atoms with Gasteiger partial charge in [0.1, 0.15) is 0 Å². The summed E-state index contributed by atoms with van der Waals surface area (Å²) in [4.78, 5) is 11.1. The molecule has 2 rings (SSSR count). The van der Waals surface area contributed by atoms with E-state index >= 15 is 0 Å². The normalized spacial score (nSPS) is 11.1. The molecule has 0 aromatic carbocycles. The van der Waals surface area contributed by atoms with Crippen LogP contribution in [0.3, 0.4) is 0 Å². The second kappa shape index (κ2) is 3.38. The van der Waals surface area contributed by atoms with Gasteiger partial charge in [0, 0.05) is 17.5 Å². The topological polar surface area (TPSA) is 60.4 Å². The zero-order valence-electron chi connectivity index (χ0n) is 8.77. The highest BCUT2D eigenvalue weighted by Crippen LogP contribution is 2.18. The molecule has 0 radical (unpaired) electrons. The Hall–Kier alpha value is -1.84. The molecule has 0 aliphatic rings. The molecule has 0 saturated carbocycles. The maximum absolute atomic E-state index is 11.1. The van der Waals surface area contributed by atoms with Crippen molar-refractivity contribution in [2.45, 2.75) is 19.8 Å². The van der Waals surface area contributed by atoms with Gasteiger partial charge in [0.15, 0.2) is 0 Å². The molecule has 4 heteroatoms. The molecule has 15 heavy (non-hydrogen) atoms. The van der Waals surface area contributed by atoms with Crippen LogP contribution in [0, 0.1) is 0 Å². The summed E-state index contributed by atoms with van der Waals surface area (Å²) < 4.78 is 1.83. The van der Waals surface area contributed by atoms with Crippen molar-refractivity contribution in [3.05, 3.63) is 35.7 Å². The second-order valence-corrected chi connectivity index (χ2v) is 3.86. The first-order chi connectivity index (χ1) is 7.09. The zero-order valence-corrected chi connectivity index (χ0v) is 8.77. The molecule has 78 valence electrons. The van der Waals surface area contributed by atoms with Gasteiger partial charge in [-0.3, -0.25) is 4.79 Å². The van der Waals surface area contributed by atoms with E-state index in [0.29, 0.717) is 11.5 Å². The summed E-state index contributed by atoms with van der Waals surface area (Å²) in [5.74, 6) is -0.104. The third kappa shape index (κ3) is 1.58. The number of fused-ring (bicyclic) bond motifs is 1. The number of carbonyl (C=O) groups is 1. The number of nitrogens with two attached hydrogens (primary N) is 1. The van der Waals surface area contributed by atoms with Crippen LogP contribution >= 0.6 is 0 Å². The van der Waals surface area contributed by atoms with E-state index in [2.05, 4.69) is 18.9 Å². The van der Waals surface area contributed by atoms with Crippen LogP contribution < -0.4 is 5.73 Å². The van der Waals surface area contributed by atoms with Gasteiger partial charge in [-0.15, -0.1) is 0 Å². The summed E-state index contributed by atoms with van der Waals surface area (Å²) in [6.45, 7) is 4.11. The van der Waals surface area contributed by atoms with Gasteiger partial charge in [-0.2, -0.15) is 5.10 Å². The molecule has 2 aromatic rings. The summed E-state index contributed by atoms with van der Waals surface area (Å²) >= 11 is 0. The van der Waals surface area contributed by atoms with Crippen LogP contribution in [0.4, 0.5) is 0 Å². The molecule has 4 nitrogen and oxygen atoms in total. The van der Waals surface area contributed by atoms with Crippen molar-refractivity contribution in [1.29, 1.82) is 0 Å². The fraction of sp³-hybridized carbons (Fsp3) is 0.273. The fourth-order valence-corrected chi connectivity index (χ4v) is 1.61. The summed E-state index contributed by atoms with van der Waals surface area (Å²) in [6.07, 6.45) is 1.71. The average Bonchev–Trinajstić information content (AvgIpc) is 2.62. The van der Waals surface area contributed by atoms with Gasteiger partial charge in [0.05, 0.1) is 5.52 Å². The summed E-state index contributed by atoms with van der Waals surface area (Å²) in [5, 5.41) is 4.20. The van der Waals surface area contributed by atoms with Gasteiger partial charge in [0.2, 0.25) is 5.91 Å². The maximum Gasteiger partial charge on any atom is 0.248 e. The monoisotopic (exact) mass is 203 g/mol. The van der Waals surface area contributed by atoms with Crippen LogP contribution in [-0.4, -0.2) is 15.5 Å². The van der Waals surface area contributed by atoms with Crippen LogP contribution in [0.1, 0.15) is 35.8 Å². The Morgan fingerprint density at radius 2 is 2.20 bits per heavy atom. The largest absolute Gasteiger partial charge is 0.366 e. The van der Waals surface area contributed by atoms with Crippen molar-refractivity contribution in [3.8, 4) is 0 Å². The second-order valence-electron chi connectivity index (χ2n) is 3.86. The molecule has 0 fully saturated rings. The number of nitrogens with zero attached hydrogens (tertiary/aromatic N) is 2. The molecule has 0 bridgehead atoms. The Balaban J connectivity index is 2.74. The van der Waals surface area contributed by atoms with E-state index in [4.69, 9.17) is 5.73 Å². The Morgan fingerprint density at radius 1 is 1.47 bits per heavy atom. The van der Waals surface area contributed by atoms with E-state index < -0.39 is 5.91 Å². The number of aromatic nitrogens is 2. The summed E-state index contributed by atoms with van der Waals surface area (Å²) in [7, 11) is 0. The number of pyridine rings is 1. The first kappa shape index (κ1) is 9.71. The van der Waals surface area contributed by atoms with Crippen LogP contribution in [0.2, 0.25) is 0 Å². The molecule has 2 heterocycles. The lowest BCUT2D eigenvalue weighted by molar-refractivity contribution is 0.1000. The van der Waals surface area contributed by atoms with Gasteiger partial charge in [-0.1, -0.05) is 13.8 Å². The molecule has 2 aromatic heterocycles. The SMILES string of the molecule is CC(C)c1cc(C(N)=O)cc2ccnn12. The predicted octanol–water partition coefficient (Wildman–Crippen LogP) is 1.56. The van der Waals surface area contributed by atoms with Crippen molar-refractivity contribution in [1.82, 2.24) is 9.61 Å². The number of amides is 1. The van der Waals surface area contributed by atoms with E-state index in [0.717, 1.165) is 11.2 Å². The molecule has 2 N–H and O–H groups in total. The third-order valence-corrected chi connectivity index (χ3v) is 2.40. The van der Waals surface area contributed by atoms with E-state index in [1.165, 1.54) is 0 Å². The van der Waals surface area contributed by atoms with Crippen molar-refractivity contribution >= 4 is 11.4 Å². The molecule has 0 aliphatic heterocycles. The Bertz CT molecular complexity index is 514. The molecule has 0 spiro atoms. The minimum atomic E-state index is -0.402. The molecule has 0 atom stereocenters. The Labute approximate surface area is 87.7 Å². The first-order valence-corrected chi connectivity index (χ1v) is 4.87.